The van der Waals surface area contributed by atoms with Gasteiger partial charge in [-0.05, 0) is 6.92 Å². The normalized spacial score (nSPS) is 12.9. The Hall–Kier alpha value is -1.79. The summed E-state index contributed by atoms with van der Waals surface area (Å²) in [6, 6.07) is 1.69. The summed E-state index contributed by atoms with van der Waals surface area (Å²) in [6.07, 6.45) is 0.710. The molecular weight excluding hydrogens is 268 g/mol. The lowest BCUT2D eigenvalue weighted by atomic mass is 9.83. The summed E-state index contributed by atoms with van der Waals surface area (Å²) in [5.74, 6) is -1.73. The van der Waals surface area contributed by atoms with Gasteiger partial charge in [0.2, 0.25) is 0 Å². The van der Waals surface area contributed by atoms with Gasteiger partial charge in [0.1, 0.15) is 5.76 Å². The molecule has 0 radical (unpaired) electrons. The maximum atomic E-state index is 13.5. The van der Waals surface area contributed by atoms with Gasteiger partial charge in [-0.1, -0.05) is 31.1 Å². The molecule has 2 rings (SSSR count). The minimum Gasteiger partial charge on any atom is -0.361 e. The van der Waals surface area contributed by atoms with Gasteiger partial charge >= 0.3 is 0 Å². The molecule has 0 amide bonds. The molecule has 0 N–H and O–H groups in total. The van der Waals surface area contributed by atoms with Crippen LogP contribution in [0.4, 0.5) is 8.78 Å². The van der Waals surface area contributed by atoms with Crippen molar-refractivity contribution in [2.75, 3.05) is 0 Å². The van der Waals surface area contributed by atoms with Gasteiger partial charge in [0.05, 0.1) is 0 Å². The summed E-state index contributed by atoms with van der Waals surface area (Å²) in [5.41, 5.74) is -0.839. The van der Waals surface area contributed by atoms with Crippen molar-refractivity contribution in [2.45, 2.75) is 46.5 Å². The molecule has 7 heteroatoms. The van der Waals surface area contributed by atoms with Gasteiger partial charge in [0.15, 0.2) is 11.5 Å². The molecule has 0 aliphatic carbocycles. The number of halogens is 2. The minimum absolute atomic E-state index is 0.0124. The summed E-state index contributed by atoms with van der Waals surface area (Å²) in [7, 11) is 0. The Morgan fingerprint density at radius 1 is 1.15 bits per heavy atom. The van der Waals surface area contributed by atoms with Crippen LogP contribution in [0.2, 0.25) is 0 Å². The van der Waals surface area contributed by atoms with Crippen molar-refractivity contribution in [3.05, 3.63) is 17.7 Å². The fraction of sp³-hybridized carbons (Fsp3) is 0.615. The number of hydrogen-bond donors (Lipinski definition) is 0. The van der Waals surface area contributed by atoms with Crippen molar-refractivity contribution in [2.24, 2.45) is 5.41 Å². The van der Waals surface area contributed by atoms with Crippen molar-refractivity contribution in [3.63, 3.8) is 0 Å². The fourth-order valence-electron chi connectivity index (χ4n) is 1.56. The number of alkyl halides is 2. The monoisotopic (exact) mass is 285 g/mol. The Bertz CT molecular complexity index is 584. The Labute approximate surface area is 115 Å². The van der Waals surface area contributed by atoms with Gasteiger partial charge < -0.3 is 9.05 Å². The first kappa shape index (κ1) is 14.6. The van der Waals surface area contributed by atoms with Gasteiger partial charge in [-0.25, -0.2) is 8.78 Å². The third kappa shape index (κ3) is 2.86. The summed E-state index contributed by atoms with van der Waals surface area (Å²) >= 11 is 0. The molecule has 0 saturated carbocycles. The second-order valence-corrected chi connectivity index (χ2v) is 5.50. The number of nitrogens with zero attached hydrogens (tertiary/aromatic N) is 3. The predicted molar refractivity (Wildman–Crippen MR) is 67.3 cm³/mol. The lowest BCUT2D eigenvalue weighted by Crippen LogP contribution is -2.35. The number of hydrogen-bond acceptors (Lipinski definition) is 5. The highest BCUT2D eigenvalue weighted by molar-refractivity contribution is 5.45. The highest BCUT2D eigenvalue weighted by Gasteiger charge is 2.43. The molecule has 20 heavy (non-hydrogen) atoms. The maximum Gasteiger partial charge on any atom is 0.280 e. The van der Waals surface area contributed by atoms with Crippen LogP contribution in [0.25, 0.3) is 11.6 Å². The van der Waals surface area contributed by atoms with Crippen LogP contribution in [0, 0.1) is 5.41 Å². The molecule has 0 aliphatic heterocycles. The lowest BCUT2D eigenvalue weighted by Gasteiger charge is -2.29. The molecule has 2 aromatic rings. The molecule has 5 nitrogen and oxygen atoms in total. The van der Waals surface area contributed by atoms with Crippen LogP contribution in [0.3, 0.4) is 0 Å². The number of rotatable bonds is 5. The second-order valence-electron chi connectivity index (χ2n) is 5.50. The van der Waals surface area contributed by atoms with E-state index >= 15 is 0 Å². The average Bonchev–Trinajstić information content (AvgIpc) is 2.94. The summed E-state index contributed by atoms with van der Waals surface area (Å²) < 4.78 is 37.0. The zero-order chi connectivity index (χ0) is 15.0. The lowest BCUT2D eigenvalue weighted by molar-refractivity contribution is -0.0889. The Kier molecular flexibility index (Phi) is 3.62. The van der Waals surface area contributed by atoms with E-state index in [9.17, 15) is 8.78 Å². The third-order valence-corrected chi connectivity index (χ3v) is 3.38. The van der Waals surface area contributed by atoms with Crippen LogP contribution in [0.15, 0.2) is 15.1 Å². The zero-order valence-corrected chi connectivity index (χ0v) is 11.9. The molecule has 0 fully saturated rings. The van der Waals surface area contributed by atoms with Gasteiger partial charge in [0.25, 0.3) is 11.8 Å². The number of aromatic nitrogens is 3. The molecule has 2 heterocycles. The summed E-state index contributed by atoms with van der Waals surface area (Å²) in [6.45, 7) is 5.75. The van der Waals surface area contributed by atoms with Gasteiger partial charge in [0, 0.05) is 24.3 Å². The molecule has 0 spiro atoms. The van der Waals surface area contributed by atoms with Gasteiger partial charge in [-0.2, -0.15) is 4.98 Å². The maximum absolute atomic E-state index is 13.5. The van der Waals surface area contributed by atoms with Crippen molar-refractivity contribution in [1.82, 2.24) is 15.3 Å². The Balaban J connectivity index is 2.17. The quantitative estimate of drug-likeness (QED) is 0.841. The highest BCUT2D eigenvalue weighted by Crippen LogP contribution is 2.38. The van der Waals surface area contributed by atoms with E-state index in [1.807, 2.05) is 6.92 Å². The van der Waals surface area contributed by atoms with E-state index in [-0.39, 0.29) is 18.1 Å². The van der Waals surface area contributed by atoms with E-state index in [0.717, 1.165) is 6.92 Å². The third-order valence-electron chi connectivity index (χ3n) is 3.38. The summed E-state index contributed by atoms with van der Waals surface area (Å²) in [5, 5.41) is 7.52. The topological polar surface area (TPSA) is 65.0 Å². The van der Waals surface area contributed by atoms with Crippen molar-refractivity contribution in [1.29, 1.82) is 0 Å². The minimum atomic E-state index is -2.84. The molecule has 2 aromatic heterocycles. The zero-order valence-electron chi connectivity index (χ0n) is 11.9. The van der Waals surface area contributed by atoms with Gasteiger partial charge in [-0.3, -0.25) is 0 Å². The van der Waals surface area contributed by atoms with Crippen LogP contribution in [0.1, 0.15) is 39.3 Å². The predicted octanol–water partition coefficient (Wildman–Crippen LogP) is 3.51. The van der Waals surface area contributed by atoms with E-state index < -0.39 is 11.3 Å². The Morgan fingerprint density at radius 2 is 1.85 bits per heavy atom. The van der Waals surface area contributed by atoms with Crippen LogP contribution >= 0.6 is 0 Å². The number of aryl methyl sites for hydroxylation is 1. The van der Waals surface area contributed by atoms with E-state index in [2.05, 4.69) is 15.3 Å². The molecule has 0 atom stereocenters. The Morgan fingerprint density at radius 3 is 2.40 bits per heavy atom. The largest absolute Gasteiger partial charge is 0.361 e. The summed E-state index contributed by atoms with van der Waals surface area (Å²) in [4.78, 5) is 4.09. The van der Waals surface area contributed by atoms with Crippen LogP contribution in [-0.2, 0) is 12.8 Å². The van der Waals surface area contributed by atoms with Gasteiger partial charge in [-0.15, -0.1) is 0 Å². The smallest absolute Gasteiger partial charge is 0.280 e. The van der Waals surface area contributed by atoms with E-state index in [1.54, 1.807) is 6.07 Å². The molecule has 0 bridgehead atoms. The SMILES string of the molecule is CCc1cc(-c2nc(CC(C)(C)C(C)(F)F)no2)no1. The highest BCUT2D eigenvalue weighted by atomic mass is 19.3. The molecule has 110 valence electrons. The van der Waals surface area contributed by atoms with E-state index in [4.69, 9.17) is 9.05 Å². The first-order valence-corrected chi connectivity index (χ1v) is 6.39. The molecule has 0 saturated heterocycles. The van der Waals surface area contributed by atoms with Crippen molar-refractivity contribution >= 4 is 0 Å². The molecular formula is C13H17F2N3O2. The average molecular weight is 285 g/mol. The molecule has 0 aliphatic rings. The van der Waals surface area contributed by atoms with Crippen molar-refractivity contribution in [3.8, 4) is 11.6 Å². The van der Waals surface area contributed by atoms with Crippen molar-refractivity contribution < 1.29 is 17.8 Å². The fourth-order valence-corrected chi connectivity index (χ4v) is 1.56. The van der Waals surface area contributed by atoms with Crippen LogP contribution < -0.4 is 0 Å². The van der Waals surface area contributed by atoms with Crippen LogP contribution in [-0.4, -0.2) is 21.2 Å². The second kappa shape index (κ2) is 4.96. The van der Waals surface area contributed by atoms with E-state index in [0.29, 0.717) is 17.9 Å². The molecule has 0 aromatic carbocycles. The first-order valence-electron chi connectivity index (χ1n) is 6.39. The van der Waals surface area contributed by atoms with E-state index in [1.165, 1.54) is 13.8 Å². The first-order chi connectivity index (χ1) is 9.23. The standard InChI is InChI=1S/C13H17F2N3O2/c1-5-8-6-9(17-19-8)11-16-10(18-20-11)7-12(2,3)13(4,14)15/h6H,5,7H2,1-4H3. The molecule has 0 unspecified atom stereocenters. The van der Waals surface area contributed by atoms with Crippen LogP contribution in [0.5, 0.6) is 0 Å².